The van der Waals surface area contributed by atoms with Crippen molar-refractivity contribution in [2.24, 2.45) is 11.8 Å². The first-order chi connectivity index (χ1) is 21.6. The minimum Gasteiger partial charge on any atom is -0.479 e. The van der Waals surface area contributed by atoms with E-state index in [1.165, 1.54) is 0 Å². The second-order valence-corrected chi connectivity index (χ2v) is 12.3. The molecular formula is C32H44O14. The Kier molecular flexibility index (Phi) is 12.1. The zero-order chi connectivity index (χ0) is 34.4. The van der Waals surface area contributed by atoms with E-state index in [0.717, 1.165) is 12.0 Å². The number of carbonyl (C=O) groups is 4. The van der Waals surface area contributed by atoms with Crippen molar-refractivity contribution in [3.63, 3.8) is 0 Å². The number of benzene rings is 1. The highest BCUT2D eigenvalue weighted by molar-refractivity contribution is 5.98. The van der Waals surface area contributed by atoms with Crippen molar-refractivity contribution in [2.75, 3.05) is 6.61 Å². The molecule has 2 heterocycles. The van der Waals surface area contributed by atoms with E-state index in [9.17, 15) is 54.9 Å². The highest BCUT2D eigenvalue weighted by Crippen LogP contribution is 2.55. The van der Waals surface area contributed by atoms with Gasteiger partial charge in [-0.15, -0.1) is 0 Å². The molecule has 0 saturated carbocycles. The van der Waals surface area contributed by atoms with E-state index in [2.05, 4.69) is 0 Å². The van der Waals surface area contributed by atoms with Gasteiger partial charge in [-0.25, -0.2) is 14.4 Å². The van der Waals surface area contributed by atoms with Gasteiger partial charge in [0.15, 0.2) is 6.10 Å². The van der Waals surface area contributed by atoms with E-state index < -0.39 is 84.7 Å². The van der Waals surface area contributed by atoms with Crippen LogP contribution in [-0.4, -0.2) is 108 Å². The Morgan fingerprint density at radius 3 is 2.24 bits per heavy atom. The van der Waals surface area contributed by atoms with Crippen LogP contribution in [0.1, 0.15) is 64.9 Å². The van der Waals surface area contributed by atoms with E-state index in [-0.39, 0.29) is 24.7 Å². The molecule has 2 saturated heterocycles. The van der Waals surface area contributed by atoms with Crippen LogP contribution in [0.3, 0.4) is 0 Å². The Balaban J connectivity index is 1.97. The molecule has 9 unspecified atom stereocenters. The lowest BCUT2D eigenvalue weighted by Crippen LogP contribution is -2.78. The van der Waals surface area contributed by atoms with Gasteiger partial charge in [0, 0.05) is 6.42 Å². The maximum absolute atomic E-state index is 12.9. The van der Waals surface area contributed by atoms with Crippen LogP contribution in [0.2, 0.25) is 0 Å². The van der Waals surface area contributed by atoms with Crippen molar-refractivity contribution in [1.29, 1.82) is 0 Å². The summed E-state index contributed by atoms with van der Waals surface area (Å²) in [5.41, 5.74) is -6.05. The zero-order valence-corrected chi connectivity index (χ0v) is 26.1. The topological polar surface area (TPSA) is 238 Å². The van der Waals surface area contributed by atoms with Gasteiger partial charge in [-0.1, -0.05) is 63.6 Å². The Labute approximate surface area is 266 Å². The first kappa shape index (κ1) is 37.1. The van der Waals surface area contributed by atoms with Crippen molar-refractivity contribution < 1.29 is 69.1 Å². The maximum atomic E-state index is 12.9. The van der Waals surface area contributed by atoms with Crippen LogP contribution >= 0.6 is 0 Å². The molecule has 3 rings (SSSR count). The highest BCUT2D eigenvalue weighted by Gasteiger charge is 2.85. The number of aliphatic carboxylic acids is 3. The molecule has 2 aliphatic rings. The lowest BCUT2D eigenvalue weighted by molar-refractivity contribution is -0.374. The van der Waals surface area contributed by atoms with Gasteiger partial charge in [0.25, 0.3) is 0 Å². The zero-order valence-electron chi connectivity index (χ0n) is 26.1. The molecule has 256 valence electrons. The predicted molar refractivity (Wildman–Crippen MR) is 158 cm³/mol. The van der Waals surface area contributed by atoms with E-state index in [1.807, 2.05) is 51.1 Å². The number of allylic oxidation sites excluding steroid dienone is 1. The van der Waals surface area contributed by atoms with E-state index in [4.69, 9.17) is 14.2 Å². The van der Waals surface area contributed by atoms with Crippen LogP contribution in [-0.2, 0) is 39.8 Å². The normalized spacial score (nSPS) is 31.1. The van der Waals surface area contributed by atoms with Gasteiger partial charge < -0.3 is 50.0 Å². The summed E-state index contributed by atoms with van der Waals surface area (Å²) in [6, 6.07) is 9.47. The summed E-state index contributed by atoms with van der Waals surface area (Å²) >= 11 is 0. The van der Waals surface area contributed by atoms with Crippen LogP contribution < -0.4 is 0 Å². The number of hydrogen-bond donors (Lipinski definition) is 7. The molecule has 0 radical (unpaired) electrons. The van der Waals surface area contributed by atoms with Gasteiger partial charge >= 0.3 is 23.9 Å². The van der Waals surface area contributed by atoms with Crippen molar-refractivity contribution in [3.05, 3.63) is 47.5 Å². The lowest BCUT2D eigenvalue weighted by atomic mass is 9.74. The van der Waals surface area contributed by atoms with Gasteiger partial charge in [-0.2, -0.15) is 0 Å². The fraction of sp³-hybridized carbons (Fsp3) is 0.625. The van der Waals surface area contributed by atoms with Crippen molar-refractivity contribution in [2.45, 2.75) is 107 Å². The third-order valence-corrected chi connectivity index (χ3v) is 8.87. The van der Waals surface area contributed by atoms with Crippen LogP contribution in [0.15, 0.2) is 42.0 Å². The summed E-state index contributed by atoms with van der Waals surface area (Å²) in [7, 11) is 0. The largest absolute Gasteiger partial charge is 0.479 e. The Hall–Kier alpha value is -3.40. The van der Waals surface area contributed by atoms with Crippen LogP contribution in [0.4, 0.5) is 0 Å². The summed E-state index contributed by atoms with van der Waals surface area (Å²) in [5, 5.41) is 73.5. The Bertz CT molecular complexity index is 1280. The minimum absolute atomic E-state index is 0.105. The quantitative estimate of drug-likeness (QED) is 0.0927. The minimum atomic E-state index is -3.90. The lowest BCUT2D eigenvalue weighted by Gasteiger charge is -2.48. The van der Waals surface area contributed by atoms with Crippen LogP contribution in [0.25, 0.3) is 0 Å². The predicted octanol–water partition coefficient (Wildman–Crippen LogP) is 1.26. The number of aliphatic hydroxyl groups is 4. The third kappa shape index (κ3) is 7.27. The maximum Gasteiger partial charge on any atom is 0.344 e. The molecule has 14 nitrogen and oxygen atoms in total. The Morgan fingerprint density at radius 2 is 1.70 bits per heavy atom. The summed E-state index contributed by atoms with van der Waals surface area (Å²) in [6.45, 7) is 5.30. The number of fused-ring (bicyclic) bond motifs is 2. The average Bonchev–Trinajstić information content (AvgIpc) is 3.21. The van der Waals surface area contributed by atoms with Gasteiger partial charge in [-0.05, 0) is 48.7 Å². The number of carbonyl (C=O) groups excluding carboxylic acids is 1. The monoisotopic (exact) mass is 652 g/mol. The molecule has 46 heavy (non-hydrogen) atoms. The number of carboxylic acid groups (broad SMARTS) is 3. The van der Waals surface area contributed by atoms with E-state index in [0.29, 0.717) is 18.4 Å². The molecule has 0 amide bonds. The smallest absolute Gasteiger partial charge is 0.344 e. The first-order valence-electron chi connectivity index (χ1n) is 15.3. The number of esters is 1. The fourth-order valence-corrected chi connectivity index (χ4v) is 6.11. The van der Waals surface area contributed by atoms with E-state index in [1.54, 1.807) is 6.08 Å². The summed E-state index contributed by atoms with van der Waals surface area (Å²) < 4.78 is 16.3. The molecular weight excluding hydrogens is 608 g/mol. The second-order valence-electron chi connectivity index (χ2n) is 12.3. The van der Waals surface area contributed by atoms with Crippen LogP contribution in [0, 0.1) is 11.8 Å². The highest BCUT2D eigenvalue weighted by atomic mass is 16.8. The van der Waals surface area contributed by atoms with Crippen LogP contribution in [0.5, 0.6) is 0 Å². The molecule has 2 fully saturated rings. The van der Waals surface area contributed by atoms with Crippen molar-refractivity contribution in [3.8, 4) is 0 Å². The molecule has 2 aliphatic heterocycles. The summed E-state index contributed by atoms with van der Waals surface area (Å²) in [4.78, 5) is 50.5. The third-order valence-electron chi connectivity index (χ3n) is 8.87. The molecule has 1 aromatic rings. The summed E-state index contributed by atoms with van der Waals surface area (Å²) in [6.07, 6.45) is -6.29. The fourth-order valence-electron chi connectivity index (χ4n) is 6.11. The standard InChI is InChI=1S/C32H44O14/c1-4-18(2)10-11-22(34)16-23(35)44-25-24(36)30(13-12-21(17-33)15-19(3)14-20-8-6-5-7-9-20)45-26(27(37)38)31(43,28(39)40)32(25,46-30)29(41)42/h5-9,15,18-19,22,24-26,33-34,36,43H,4,10-14,16-17H2,1-3H3,(H,37,38)(H,39,40)(H,41,42). The number of aliphatic hydroxyl groups excluding tert-OH is 3. The Morgan fingerprint density at radius 1 is 1.04 bits per heavy atom. The molecule has 9 atom stereocenters. The van der Waals surface area contributed by atoms with Gasteiger partial charge in [0.2, 0.25) is 23.1 Å². The molecule has 0 aliphatic carbocycles. The SMILES string of the molecule is CCC(C)CCC(O)CC(=O)OC1C(O)C2(CCC(=CC(C)Cc3ccccc3)CO)OC(C(=O)O)C(O)(C(=O)O)C1(C(=O)O)O2. The number of rotatable bonds is 17. The number of carboxylic acids is 3. The van der Waals surface area contributed by atoms with Gasteiger partial charge in [0.05, 0.1) is 19.1 Å². The molecule has 1 aromatic carbocycles. The van der Waals surface area contributed by atoms with Crippen molar-refractivity contribution in [1.82, 2.24) is 0 Å². The van der Waals surface area contributed by atoms with Gasteiger partial charge in [0.1, 0.15) is 6.10 Å². The molecule has 2 bridgehead atoms. The first-order valence-corrected chi connectivity index (χ1v) is 15.3. The molecule has 14 heteroatoms. The van der Waals surface area contributed by atoms with Gasteiger partial charge in [-0.3, -0.25) is 4.79 Å². The number of ether oxygens (including phenoxy) is 3. The van der Waals surface area contributed by atoms with Crippen molar-refractivity contribution >= 4 is 23.9 Å². The molecule has 0 spiro atoms. The number of hydrogen-bond acceptors (Lipinski definition) is 11. The molecule has 7 N–H and O–H groups in total. The summed E-state index contributed by atoms with van der Waals surface area (Å²) in [5.74, 6) is -10.4. The average molecular weight is 653 g/mol. The second kappa shape index (κ2) is 15.0. The molecule has 0 aromatic heterocycles. The van der Waals surface area contributed by atoms with E-state index >= 15 is 0 Å².